The van der Waals surface area contributed by atoms with Crippen LogP contribution < -0.4 is 5.32 Å². The first-order valence-corrected chi connectivity index (χ1v) is 7.00. The number of hydrogen-bond acceptors (Lipinski definition) is 2. The fraction of sp³-hybridized carbons (Fsp3) is 0.733. The Bertz CT molecular complexity index is 344. The van der Waals surface area contributed by atoms with E-state index in [1.165, 1.54) is 19.3 Å². The highest BCUT2D eigenvalue weighted by atomic mass is 16.3. The van der Waals surface area contributed by atoms with Gasteiger partial charge in [0.2, 0.25) is 0 Å². The van der Waals surface area contributed by atoms with E-state index in [4.69, 9.17) is 4.42 Å². The van der Waals surface area contributed by atoms with Crippen LogP contribution in [0.2, 0.25) is 0 Å². The van der Waals surface area contributed by atoms with Gasteiger partial charge in [-0.2, -0.15) is 0 Å². The highest BCUT2D eigenvalue weighted by Crippen LogP contribution is 2.29. The molecule has 1 heterocycles. The molecule has 1 fully saturated rings. The molecule has 1 aliphatic rings. The molecule has 0 aliphatic heterocycles. The molecule has 1 aliphatic carbocycles. The molecule has 1 aromatic rings. The van der Waals surface area contributed by atoms with Crippen LogP contribution in [-0.2, 0) is 13.0 Å². The predicted molar refractivity (Wildman–Crippen MR) is 70.9 cm³/mol. The van der Waals surface area contributed by atoms with Gasteiger partial charge >= 0.3 is 0 Å². The van der Waals surface area contributed by atoms with Gasteiger partial charge < -0.3 is 9.73 Å². The van der Waals surface area contributed by atoms with E-state index >= 15 is 0 Å². The number of hydrogen-bond donors (Lipinski definition) is 1. The molecule has 1 saturated carbocycles. The third-order valence-electron chi connectivity index (χ3n) is 4.23. The Morgan fingerprint density at radius 3 is 2.59 bits per heavy atom. The van der Waals surface area contributed by atoms with Gasteiger partial charge in [0.15, 0.2) is 0 Å². The van der Waals surface area contributed by atoms with Crippen LogP contribution in [0.5, 0.6) is 0 Å². The topological polar surface area (TPSA) is 25.2 Å². The maximum atomic E-state index is 5.71. The summed E-state index contributed by atoms with van der Waals surface area (Å²) >= 11 is 0. The lowest BCUT2D eigenvalue weighted by molar-refractivity contribution is 0.222. The summed E-state index contributed by atoms with van der Waals surface area (Å²) in [4.78, 5) is 0. The van der Waals surface area contributed by atoms with E-state index in [1.54, 1.807) is 0 Å². The molecule has 0 amide bonds. The number of furan rings is 1. The van der Waals surface area contributed by atoms with Crippen LogP contribution in [0.1, 0.15) is 51.6 Å². The van der Waals surface area contributed by atoms with Crippen molar-refractivity contribution in [3.63, 3.8) is 0 Å². The molecule has 0 spiro atoms. The molecule has 1 aromatic heterocycles. The number of rotatable bonds is 4. The fourth-order valence-electron chi connectivity index (χ4n) is 2.69. The molecule has 2 heteroatoms. The van der Waals surface area contributed by atoms with E-state index in [-0.39, 0.29) is 0 Å². The second-order valence-corrected chi connectivity index (χ2v) is 5.57. The summed E-state index contributed by atoms with van der Waals surface area (Å²) in [6, 6.07) is 4.86. The highest BCUT2D eigenvalue weighted by molar-refractivity contribution is 5.06. The maximum Gasteiger partial charge on any atom is 0.117 e. The predicted octanol–water partition coefficient (Wildman–Crippen LogP) is 3.76. The molecule has 96 valence electrons. The van der Waals surface area contributed by atoms with Gasteiger partial charge in [-0.3, -0.25) is 0 Å². The van der Waals surface area contributed by atoms with Crippen LogP contribution in [0.25, 0.3) is 0 Å². The van der Waals surface area contributed by atoms with E-state index in [1.807, 2.05) is 0 Å². The zero-order valence-corrected chi connectivity index (χ0v) is 11.3. The Balaban J connectivity index is 1.78. The van der Waals surface area contributed by atoms with E-state index < -0.39 is 0 Å². The smallest absolute Gasteiger partial charge is 0.117 e. The molecule has 0 bridgehead atoms. The third kappa shape index (κ3) is 3.35. The van der Waals surface area contributed by atoms with Crippen molar-refractivity contribution in [3.05, 3.63) is 23.7 Å². The van der Waals surface area contributed by atoms with E-state index in [0.29, 0.717) is 6.04 Å². The molecule has 0 aromatic carbocycles. The number of aryl methyl sites for hydroxylation is 1. The Kier molecular flexibility index (Phi) is 4.27. The molecule has 2 nitrogen and oxygen atoms in total. The largest absolute Gasteiger partial charge is 0.465 e. The van der Waals surface area contributed by atoms with Crippen molar-refractivity contribution in [3.8, 4) is 0 Å². The zero-order valence-electron chi connectivity index (χ0n) is 11.3. The van der Waals surface area contributed by atoms with Gasteiger partial charge in [0, 0.05) is 12.5 Å². The summed E-state index contributed by atoms with van der Waals surface area (Å²) < 4.78 is 5.71. The maximum absolute atomic E-state index is 5.71. The van der Waals surface area contributed by atoms with Crippen LogP contribution in [-0.4, -0.2) is 6.04 Å². The average Bonchev–Trinajstić information content (AvgIpc) is 2.79. The van der Waals surface area contributed by atoms with Crippen molar-refractivity contribution in [1.82, 2.24) is 5.32 Å². The van der Waals surface area contributed by atoms with Gasteiger partial charge in [-0.1, -0.05) is 20.8 Å². The van der Waals surface area contributed by atoms with Crippen molar-refractivity contribution >= 4 is 0 Å². The minimum atomic E-state index is 0.677. The van der Waals surface area contributed by atoms with Crippen LogP contribution >= 0.6 is 0 Å². The van der Waals surface area contributed by atoms with Crippen molar-refractivity contribution in [2.45, 2.75) is 59.0 Å². The van der Waals surface area contributed by atoms with Crippen LogP contribution in [0.4, 0.5) is 0 Å². The standard InChI is InChI=1S/C15H25NO/c1-4-14-7-8-15(17-14)10-16-13-6-5-11(2)12(3)9-13/h7-8,11-13,16H,4-6,9-10H2,1-3H3. The van der Waals surface area contributed by atoms with E-state index in [9.17, 15) is 0 Å². The van der Waals surface area contributed by atoms with Crippen molar-refractivity contribution in [2.24, 2.45) is 11.8 Å². The van der Waals surface area contributed by atoms with Gasteiger partial charge in [-0.25, -0.2) is 0 Å². The van der Waals surface area contributed by atoms with Crippen LogP contribution in [0.15, 0.2) is 16.5 Å². The first-order chi connectivity index (χ1) is 8.19. The minimum Gasteiger partial charge on any atom is -0.465 e. The lowest BCUT2D eigenvalue weighted by Gasteiger charge is -2.32. The summed E-state index contributed by atoms with van der Waals surface area (Å²) in [6.07, 6.45) is 4.96. The lowest BCUT2D eigenvalue weighted by Crippen LogP contribution is -2.35. The van der Waals surface area contributed by atoms with Gasteiger partial charge in [0.1, 0.15) is 11.5 Å². The molecule has 17 heavy (non-hydrogen) atoms. The van der Waals surface area contributed by atoms with E-state index in [2.05, 4.69) is 38.2 Å². The number of nitrogens with one attached hydrogen (secondary N) is 1. The van der Waals surface area contributed by atoms with Gasteiger partial charge in [0.05, 0.1) is 6.54 Å². The molecular formula is C15H25NO. The van der Waals surface area contributed by atoms with Crippen molar-refractivity contribution in [2.75, 3.05) is 0 Å². The highest BCUT2D eigenvalue weighted by Gasteiger charge is 2.24. The normalized spacial score (nSPS) is 29.5. The summed E-state index contributed by atoms with van der Waals surface area (Å²) in [5.41, 5.74) is 0. The Labute approximate surface area is 105 Å². The fourth-order valence-corrected chi connectivity index (χ4v) is 2.69. The Morgan fingerprint density at radius 2 is 1.94 bits per heavy atom. The lowest BCUT2D eigenvalue weighted by atomic mass is 9.79. The molecular weight excluding hydrogens is 210 g/mol. The quantitative estimate of drug-likeness (QED) is 0.859. The van der Waals surface area contributed by atoms with Crippen LogP contribution in [0.3, 0.4) is 0 Å². The second kappa shape index (κ2) is 5.72. The third-order valence-corrected chi connectivity index (χ3v) is 4.23. The SMILES string of the molecule is CCc1ccc(CNC2CCC(C)C(C)C2)o1. The summed E-state index contributed by atoms with van der Waals surface area (Å²) in [5.74, 6) is 3.91. The summed E-state index contributed by atoms with van der Waals surface area (Å²) in [7, 11) is 0. The van der Waals surface area contributed by atoms with Crippen LogP contribution in [0, 0.1) is 11.8 Å². The minimum absolute atomic E-state index is 0.677. The molecule has 3 unspecified atom stereocenters. The Hall–Kier alpha value is -0.760. The molecule has 1 N–H and O–H groups in total. The van der Waals surface area contributed by atoms with Gasteiger partial charge in [-0.05, 0) is 43.2 Å². The van der Waals surface area contributed by atoms with E-state index in [0.717, 1.165) is 36.3 Å². The molecule has 0 radical (unpaired) electrons. The molecule has 2 rings (SSSR count). The Morgan fingerprint density at radius 1 is 1.18 bits per heavy atom. The van der Waals surface area contributed by atoms with Crippen molar-refractivity contribution in [1.29, 1.82) is 0 Å². The molecule has 0 saturated heterocycles. The monoisotopic (exact) mass is 235 g/mol. The van der Waals surface area contributed by atoms with Gasteiger partial charge in [-0.15, -0.1) is 0 Å². The average molecular weight is 235 g/mol. The first kappa shape index (κ1) is 12.7. The summed E-state index contributed by atoms with van der Waals surface area (Å²) in [5, 5.41) is 3.63. The van der Waals surface area contributed by atoms with Crippen molar-refractivity contribution < 1.29 is 4.42 Å². The van der Waals surface area contributed by atoms with Gasteiger partial charge in [0.25, 0.3) is 0 Å². The second-order valence-electron chi connectivity index (χ2n) is 5.57. The summed E-state index contributed by atoms with van der Waals surface area (Å²) in [6.45, 7) is 7.76. The molecule has 3 atom stereocenters. The first-order valence-electron chi connectivity index (χ1n) is 7.00. The zero-order chi connectivity index (χ0) is 12.3.